The number of carbonyl (C=O) groups is 1. The van der Waals surface area contributed by atoms with Gasteiger partial charge in [-0.25, -0.2) is 8.78 Å². The minimum Gasteiger partial charge on any atom is -0.299 e. The van der Waals surface area contributed by atoms with Crippen molar-refractivity contribution in [2.75, 3.05) is 19.6 Å². The van der Waals surface area contributed by atoms with E-state index in [1.54, 1.807) is 29.2 Å². The molecule has 0 aliphatic carbocycles. The Kier molecular flexibility index (Phi) is 3.69. The van der Waals surface area contributed by atoms with Gasteiger partial charge in [0.2, 0.25) is 0 Å². The maximum Gasteiger partial charge on any atom is 0.272 e. The fraction of sp³-hybridized carbons (Fsp3) is 0.462. The van der Waals surface area contributed by atoms with E-state index < -0.39 is 5.92 Å². The third-order valence-corrected chi connectivity index (χ3v) is 3.37. The van der Waals surface area contributed by atoms with Gasteiger partial charge in [0.15, 0.2) is 0 Å². The van der Waals surface area contributed by atoms with Crippen molar-refractivity contribution in [3.8, 4) is 0 Å². The molecule has 5 heteroatoms. The van der Waals surface area contributed by atoms with Gasteiger partial charge in [0.25, 0.3) is 5.92 Å². The summed E-state index contributed by atoms with van der Waals surface area (Å²) in [6, 6.07) is 6.95. The summed E-state index contributed by atoms with van der Waals surface area (Å²) >= 11 is 5.78. The second kappa shape index (κ2) is 4.94. The molecule has 18 heavy (non-hydrogen) atoms. The van der Waals surface area contributed by atoms with E-state index in [-0.39, 0.29) is 24.8 Å². The molecule has 0 N–H and O–H groups in total. The number of likely N-dealkylation sites (tertiary alicyclic amines) is 1. The number of Topliss-reactive ketones (excluding diaryl/α,β-unsaturated/α-hetero) is 1. The van der Waals surface area contributed by atoms with Gasteiger partial charge in [-0.05, 0) is 24.6 Å². The van der Waals surface area contributed by atoms with Crippen molar-refractivity contribution in [3.63, 3.8) is 0 Å². The van der Waals surface area contributed by atoms with Gasteiger partial charge in [-0.1, -0.05) is 23.7 Å². The van der Waals surface area contributed by atoms with Crippen LogP contribution in [0.5, 0.6) is 0 Å². The fourth-order valence-electron chi connectivity index (χ4n) is 2.16. The number of hydrogen-bond donors (Lipinski definition) is 0. The third kappa shape index (κ3) is 3.06. The van der Waals surface area contributed by atoms with Crippen LogP contribution in [0.1, 0.15) is 18.4 Å². The van der Waals surface area contributed by atoms with Crippen LogP contribution in [0.15, 0.2) is 24.3 Å². The first kappa shape index (κ1) is 13.4. The van der Waals surface area contributed by atoms with Crippen LogP contribution in [0.4, 0.5) is 8.78 Å². The van der Waals surface area contributed by atoms with E-state index in [9.17, 15) is 13.6 Å². The number of ketones is 1. The molecule has 1 unspecified atom stereocenters. The molecule has 1 aliphatic heterocycles. The number of benzene rings is 1. The summed E-state index contributed by atoms with van der Waals surface area (Å²) in [6.45, 7) is 1.30. The molecule has 2 nitrogen and oxygen atoms in total. The lowest BCUT2D eigenvalue weighted by Crippen LogP contribution is -2.57. The Hall–Kier alpha value is -1.00. The van der Waals surface area contributed by atoms with Crippen LogP contribution in [-0.2, 0) is 4.79 Å². The smallest absolute Gasteiger partial charge is 0.272 e. The van der Waals surface area contributed by atoms with Gasteiger partial charge >= 0.3 is 0 Å². The average Bonchev–Trinajstić information content (AvgIpc) is 2.24. The Balaban J connectivity index is 2.05. The van der Waals surface area contributed by atoms with E-state index in [4.69, 9.17) is 11.6 Å². The standard InChI is InChI=1S/C13H14ClF2NO/c1-9(18)12(6-17-7-13(15,16)8-17)10-2-4-11(14)5-3-10/h2-5,12H,6-8H2,1H3. The first-order chi connectivity index (χ1) is 8.37. The monoisotopic (exact) mass is 273 g/mol. The van der Waals surface area contributed by atoms with Crippen LogP contribution in [-0.4, -0.2) is 36.2 Å². The summed E-state index contributed by atoms with van der Waals surface area (Å²) in [5.41, 5.74) is 0.821. The first-order valence-corrected chi connectivity index (χ1v) is 6.11. The zero-order valence-electron chi connectivity index (χ0n) is 10.00. The van der Waals surface area contributed by atoms with Gasteiger partial charge in [-0.2, -0.15) is 0 Å². The van der Waals surface area contributed by atoms with Crippen molar-refractivity contribution in [2.24, 2.45) is 0 Å². The molecule has 0 spiro atoms. The lowest BCUT2D eigenvalue weighted by atomic mass is 9.93. The molecule has 1 aromatic carbocycles. The topological polar surface area (TPSA) is 20.3 Å². The van der Waals surface area contributed by atoms with Crippen molar-refractivity contribution < 1.29 is 13.6 Å². The van der Waals surface area contributed by atoms with Crippen molar-refractivity contribution in [3.05, 3.63) is 34.9 Å². The second-order valence-electron chi connectivity index (χ2n) is 4.74. The van der Waals surface area contributed by atoms with Crippen LogP contribution in [0, 0.1) is 0 Å². The number of alkyl halides is 2. The van der Waals surface area contributed by atoms with Gasteiger partial charge in [0.05, 0.1) is 19.0 Å². The summed E-state index contributed by atoms with van der Waals surface area (Å²) in [5, 5.41) is 0.594. The van der Waals surface area contributed by atoms with Gasteiger partial charge in [0, 0.05) is 11.6 Å². The lowest BCUT2D eigenvalue weighted by molar-refractivity contribution is -0.137. The zero-order valence-corrected chi connectivity index (χ0v) is 10.8. The van der Waals surface area contributed by atoms with Crippen molar-refractivity contribution >= 4 is 17.4 Å². The summed E-state index contributed by atoms with van der Waals surface area (Å²) < 4.78 is 25.5. The van der Waals surface area contributed by atoms with Crippen LogP contribution >= 0.6 is 11.6 Å². The van der Waals surface area contributed by atoms with E-state index in [1.807, 2.05) is 0 Å². The van der Waals surface area contributed by atoms with Crippen LogP contribution < -0.4 is 0 Å². The summed E-state index contributed by atoms with van der Waals surface area (Å²) in [5.74, 6) is -2.98. The molecule has 1 atom stereocenters. The summed E-state index contributed by atoms with van der Waals surface area (Å²) in [6.07, 6.45) is 0. The lowest BCUT2D eigenvalue weighted by Gasteiger charge is -2.40. The van der Waals surface area contributed by atoms with Crippen molar-refractivity contribution in [2.45, 2.75) is 18.8 Å². The molecule has 0 aromatic heterocycles. The third-order valence-electron chi connectivity index (χ3n) is 3.11. The van der Waals surface area contributed by atoms with Crippen molar-refractivity contribution in [1.82, 2.24) is 4.90 Å². The van der Waals surface area contributed by atoms with Gasteiger partial charge in [0.1, 0.15) is 5.78 Å². The molecular weight excluding hydrogens is 260 g/mol. The summed E-state index contributed by atoms with van der Waals surface area (Å²) in [4.78, 5) is 13.2. The Morgan fingerprint density at radius 3 is 2.39 bits per heavy atom. The largest absolute Gasteiger partial charge is 0.299 e. The predicted molar refractivity (Wildman–Crippen MR) is 66.3 cm³/mol. The molecule has 1 fully saturated rings. The van der Waals surface area contributed by atoms with E-state index in [1.165, 1.54) is 6.92 Å². The molecular formula is C13H14ClF2NO. The molecule has 1 heterocycles. The number of hydrogen-bond acceptors (Lipinski definition) is 2. The highest BCUT2D eigenvalue weighted by atomic mass is 35.5. The highest BCUT2D eigenvalue weighted by molar-refractivity contribution is 6.30. The average molecular weight is 274 g/mol. The maximum atomic E-state index is 12.8. The van der Waals surface area contributed by atoms with Crippen LogP contribution in [0.25, 0.3) is 0 Å². The molecule has 2 rings (SSSR count). The van der Waals surface area contributed by atoms with Crippen LogP contribution in [0.2, 0.25) is 5.02 Å². The Labute approximate surface area is 110 Å². The zero-order chi connectivity index (χ0) is 13.3. The highest BCUT2D eigenvalue weighted by Gasteiger charge is 2.44. The molecule has 0 bridgehead atoms. The number of halogens is 3. The quantitative estimate of drug-likeness (QED) is 0.841. The second-order valence-corrected chi connectivity index (χ2v) is 5.18. The highest BCUT2D eigenvalue weighted by Crippen LogP contribution is 2.30. The molecule has 0 amide bonds. The number of nitrogens with zero attached hydrogens (tertiary/aromatic N) is 1. The van der Waals surface area contributed by atoms with Gasteiger partial charge in [-0.3, -0.25) is 9.69 Å². The Morgan fingerprint density at radius 1 is 1.39 bits per heavy atom. The van der Waals surface area contributed by atoms with E-state index >= 15 is 0 Å². The Morgan fingerprint density at radius 2 is 1.94 bits per heavy atom. The molecule has 1 saturated heterocycles. The molecule has 0 radical (unpaired) electrons. The molecule has 98 valence electrons. The minimum atomic E-state index is -2.60. The minimum absolute atomic E-state index is 0.0208. The van der Waals surface area contributed by atoms with Gasteiger partial charge < -0.3 is 0 Å². The summed E-state index contributed by atoms with van der Waals surface area (Å²) in [7, 11) is 0. The van der Waals surface area contributed by atoms with Gasteiger partial charge in [-0.15, -0.1) is 0 Å². The number of rotatable bonds is 4. The first-order valence-electron chi connectivity index (χ1n) is 5.73. The molecule has 1 aromatic rings. The normalized spacial score (nSPS) is 20.2. The maximum absolute atomic E-state index is 12.8. The number of carbonyl (C=O) groups excluding carboxylic acids is 1. The van der Waals surface area contributed by atoms with Crippen molar-refractivity contribution in [1.29, 1.82) is 0 Å². The van der Waals surface area contributed by atoms with E-state index in [0.717, 1.165) is 5.56 Å². The molecule has 0 saturated carbocycles. The van der Waals surface area contributed by atoms with E-state index in [0.29, 0.717) is 11.6 Å². The predicted octanol–water partition coefficient (Wildman–Crippen LogP) is 2.96. The molecule has 1 aliphatic rings. The fourth-order valence-corrected chi connectivity index (χ4v) is 2.29. The SMILES string of the molecule is CC(=O)C(CN1CC(F)(F)C1)c1ccc(Cl)cc1. The van der Waals surface area contributed by atoms with Crippen LogP contribution in [0.3, 0.4) is 0 Å². The van der Waals surface area contributed by atoms with E-state index in [2.05, 4.69) is 0 Å². The Bertz CT molecular complexity index is 439.